The molecule has 2 N–H and O–H groups in total. The van der Waals surface area contributed by atoms with Gasteiger partial charge in [-0.1, -0.05) is 0 Å². The molecule has 1 aromatic carbocycles. The first kappa shape index (κ1) is 19.7. The predicted octanol–water partition coefficient (Wildman–Crippen LogP) is 3.22. The van der Waals surface area contributed by atoms with Gasteiger partial charge in [0, 0.05) is 23.3 Å². The van der Waals surface area contributed by atoms with E-state index in [1.807, 2.05) is 0 Å². The van der Waals surface area contributed by atoms with Crippen LogP contribution < -0.4 is 5.32 Å². The minimum atomic E-state index is -1.02. The van der Waals surface area contributed by atoms with E-state index in [1.165, 1.54) is 18.5 Å². The van der Waals surface area contributed by atoms with Crippen molar-refractivity contribution in [2.75, 3.05) is 0 Å². The zero-order valence-electron chi connectivity index (χ0n) is 17.6. The zero-order valence-corrected chi connectivity index (χ0v) is 17.6. The molecule has 4 bridgehead atoms. The summed E-state index contributed by atoms with van der Waals surface area (Å²) < 4.78 is 29.4. The van der Waals surface area contributed by atoms with E-state index in [0.717, 1.165) is 42.9 Å². The number of hydrogen-bond acceptors (Lipinski definition) is 5. The van der Waals surface area contributed by atoms with Gasteiger partial charge in [0.25, 0.3) is 11.9 Å². The van der Waals surface area contributed by atoms with Gasteiger partial charge in [-0.25, -0.2) is 18.7 Å². The summed E-state index contributed by atoms with van der Waals surface area (Å²) in [5, 5.41) is 18.8. The number of carbonyl (C=O) groups is 1. The topological polar surface area (TPSA) is 92.9 Å². The van der Waals surface area contributed by atoms with E-state index >= 15 is 0 Å². The van der Waals surface area contributed by atoms with Gasteiger partial charge >= 0.3 is 0 Å². The lowest BCUT2D eigenvalue weighted by Gasteiger charge is -2.60. The molecule has 4 fully saturated rings. The summed E-state index contributed by atoms with van der Waals surface area (Å²) in [5.74, 6) is -1.34. The van der Waals surface area contributed by atoms with E-state index in [9.17, 15) is 18.7 Å². The van der Waals surface area contributed by atoms with Crippen LogP contribution in [0.5, 0.6) is 0 Å². The number of aromatic nitrogens is 4. The number of fused-ring (bicyclic) bond motifs is 1. The van der Waals surface area contributed by atoms with Crippen molar-refractivity contribution in [3.63, 3.8) is 0 Å². The van der Waals surface area contributed by atoms with E-state index in [0.29, 0.717) is 29.3 Å². The van der Waals surface area contributed by atoms with Gasteiger partial charge in [-0.3, -0.25) is 4.79 Å². The highest BCUT2D eigenvalue weighted by atomic mass is 19.2. The van der Waals surface area contributed by atoms with Crippen molar-refractivity contribution >= 4 is 16.8 Å². The summed E-state index contributed by atoms with van der Waals surface area (Å²) in [4.78, 5) is 21.4. The molecule has 0 aliphatic heterocycles. The fourth-order valence-electron chi connectivity index (χ4n) is 6.66. The molecule has 4 aliphatic carbocycles. The molecule has 4 aliphatic rings. The maximum Gasteiger partial charge on any atom is 0.254 e. The van der Waals surface area contributed by atoms with Crippen molar-refractivity contribution in [1.29, 1.82) is 0 Å². The second kappa shape index (κ2) is 6.54. The Morgan fingerprint density at radius 2 is 1.84 bits per heavy atom. The second-order valence-electron chi connectivity index (χ2n) is 9.95. The first-order valence-electron chi connectivity index (χ1n) is 10.9. The molecule has 2 aromatic heterocycles. The van der Waals surface area contributed by atoms with Crippen LogP contribution in [0, 0.1) is 30.4 Å². The minimum absolute atomic E-state index is 0.0403. The SMILES string of the molecule is Cc1nn(-c2ncc(C(=O)NC34CC5CC(CC(O)(C5)C3)C4)cn2)c2c(F)c(F)ccc12. The number of hydrogen-bond donors (Lipinski definition) is 2. The molecule has 3 aromatic rings. The second-order valence-corrected chi connectivity index (χ2v) is 9.95. The maximum absolute atomic E-state index is 14.4. The molecule has 2 atom stereocenters. The van der Waals surface area contributed by atoms with Gasteiger partial charge in [-0.2, -0.15) is 9.78 Å². The molecule has 9 heteroatoms. The Labute approximate surface area is 182 Å². The van der Waals surface area contributed by atoms with Crippen LogP contribution >= 0.6 is 0 Å². The first-order chi connectivity index (χ1) is 15.2. The van der Waals surface area contributed by atoms with Gasteiger partial charge in [-0.05, 0) is 69.4 Å². The molecule has 0 radical (unpaired) electrons. The number of carbonyl (C=O) groups excluding carboxylic acids is 1. The third-order valence-electron chi connectivity index (χ3n) is 7.42. The Balaban J connectivity index is 1.28. The lowest BCUT2D eigenvalue weighted by atomic mass is 9.51. The number of nitrogens with one attached hydrogen (secondary N) is 1. The van der Waals surface area contributed by atoms with Gasteiger partial charge in [0.15, 0.2) is 11.6 Å². The molecule has 4 saturated carbocycles. The molecule has 166 valence electrons. The largest absolute Gasteiger partial charge is 0.390 e. The summed E-state index contributed by atoms with van der Waals surface area (Å²) in [6, 6.07) is 2.53. The zero-order chi connectivity index (χ0) is 22.3. The third kappa shape index (κ3) is 2.94. The van der Waals surface area contributed by atoms with Crippen molar-refractivity contribution < 1.29 is 18.7 Å². The lowest BCUT2D eigenvalue weighted by molar-refractivity contribution is -0.139. The summed E-state index contributed by atoms with van der Waals surface area (Å²) in [5.41, 5.74) is -0.303. The normalized spacial score (nSPS) is 30.8. The summed E-state index contributed by atoms with van der Waals surface area (Å²) in [6.07, 6.45) is 7.88. The fourth-order valence-corrected chi connectivity index (χ4v) is 6.66. The number of benzene rings is 1. The van der Waals surface area contributed by atoms with Gasteiger partial charge in [0.2, 0.25) is 0 Å². The number of aryl methyl sites for hydroxylation is 1. The number of nitrogens with zero attached hydrogens (tertiary/aromatic N) is 4. The van der Waals surface area contributed by atoms with Crippen LogP contribution in [0.3, 0.4) is 0 Å². The van der Waals surface area contributed by atoms with E-state index in [4.69, 9.17) is 0 Å². The molecule has 2 heterocycles. The van der Waals surface area contributed by atoms with Gasteiger partial charge in [-0.15, -0.1) is 0 Å². The first-order valence-corrected chi connectivity index (χ1v) is 10.9. The van der Waals surface area contributed by atoms with Crippen molar-refractivity contribution in [3.8, 4) is 5.95 Å². The Kier molecular flexibility index (Phi) is 4.03. The van der Waals surface area contributed by atoms with Crippen LogP contribution in [-0.2, 0) is 0 Å². The molecule has 7 rings (SSSR count). The number of halogens is 2. The number of amides is 1. The highest BCUT2D eigenvalue weighted by Crippen LogP contribution is 2.57. The molecule has 2 unspecified atom stereocenters. The lowest BCUT2D eigenvalue weighted by Crippen LogP contribution is -2.65. The number of rotatable bonds is 3. The molecule has 1 amide bonds. The van der Waals surface area contributed by atoms with Crippen molar-refractivity contribution in [3.05, 3.63) is 47.4 Å². The van der Waals surface area contributed by atoms with Gasteiger partial charge in [0.1, 0.15) is 5.52 Å². The molecular weight excluding hydrogens is 416 g/mol. The van der Waals surface area contributed by atoms with Crippen LogP contribution in [0.15, 0.2) is 24.5 Å². The molecule has 32 heavy (non-hydrogen) atoms. The molecule has 0 spiro atoms. The number of aliphatic hydroxyl groups is 1. The van der Waals surface area contributed by atoms with Crippen molar-refractivity contribution in [1.82, 2.24) is 25.1 Å². The van der Waals surface area contributed by atoms with Crippen LogP contribution in [0.2, 0.25) is 0 Å². The van der Waals surface area contributed by atoms with Gasteiger partial charge < -0.3 is 10.4 Å². The third-order valence-corrected chi connectivity index (χ3v) is 7.42. The summed E-state index contributed by atoms with van der Waals surface area (Å²) in [7, 11) is 0. The monoisotopic (exact) mass is 439 g/mol. The highest BCUT2D eigenvalue weighted by molar-refractivity contribution is 5.94. The summed E-state index contributed by atoms with van der Waals surface area (Å²) >= 11 is 0. The Bertz CT molecular complexity index is 1240. The van der Waals surface area contributed by atoms with E-state index < -0.39 is 17.2 Å². The highest BCUT2D eigenvalue weighted by Gasteiger charge is 2.57. The standard InChI is InChI=1S/C23H23F2N5O2/c1-12-16-2-3-17(24)18(25)19(16)30(29-12)21-26-9-15(10-27-21)20(31)28-22-5-13-4-14(6-22)8-23(32,7-13)11-22/h2-3,9-10,13-14,32H,4-8,11H2,1H3,(H,28,31). The molecular formula is C23H23F2N5O2. The Morgan fingerprint density at radius 1 is 1.16 bits per heavy atom. The van der Waals surface area contributed by atoms with Crippen LogP contribution in [-0.4, -0.2) is 41.9 Å². The predicted molar refractivity (Wildman–Crippen MR) is 111 cm³/mol. The average Bonchev–Trinajstić information content (AvgIpc) is 3.06. The molecule has 0 saturated heterocycles. The Hall–Kier alpha value is -2.94. The van der Waals surface area contributed by atoms with Crippen LogP contribution in [0.1, 0.15) is 54.6 Å². The van der Waals surface area contributed by atoms with E-state index in [2.05, 4.69) is 20.4 Å². The van der Waals surface area contributed by atoms with E-state index in [-0.39, 0.29) is 28.5 Å². The van der Waals surface area contributed by atoms with Crippen molar-refractivity contribution in [2.24, 2.45) is 11.8 Å². The van der Waals surface area contributed by atoms with E-state index in [1.54, 1.807) is 6.92 Å². The summed E-state index contributed by atoms with van der Waals surface area (Å²) in [6.45, 7) is 1.69. The van der Waals surface area contributed by atoms with Crippen molar-refractivity contribution in [2.45, 2.75) is 56.6 Å². The minimum Gasteiger partial charge on any atom is -0.390 e. The van der Waals surface area contributed by atoms with Crippen LogP contribution in [0.4, 0.5) is 8.78 Å². The van der Waals surface area contributed by atoms with Crippen LogP contribution in [0.25, 0.3) is 16.9 Å². The fraction of sp³-hybridized carbons (Fsp3) is 0.478. The molecule has 7 nitrogen and oxygen atoms in total. The Morgan fingerprint density at radius 3 is 2.50 bits per heavy atom. The quantitative estimate of drug-likeness (QED) is 0.654. The average molecular weight is 439 g/mol. The smallest absolute Gasteiger partial charge is 0.254 e. The maximum atomic E-state index is 14.4. The van der Waals surface area contributed by atoms with Gasteiger partial charge in [0.05, 0.1) is 16.9 Å².